The third kappa shape index (κ3) is 3.81. The van der Waals surface area contributed by atoms with E-state index in [4.69, 9.17) is 0 Å². The third-order valence-electron chi connectivity index (χ3n) is 5.38. The third-order valence-corrected chi connectivity index (χ3v) is 5.38. The standard InChI is InChI=1S/C20H23F3N6/c1-13-6-3-4-8-16(13)29-25-10-11-28(29)17-9-5-7-15(17)27-19-14(2)26-18(12-24-19)20(21,22)23/h3-4,6,8,10-12,15,17,25H,5,7,9H2,1-2H3,(H,24,27)/t15-,17?/m0/s1. The van der Waals surface area contributed by atoms with Crippen LogP contribution in [0.15, 0.2) is 42.9 Å². The molecule has 0 amide bonds. The number of anilines is 2. The van der Waals surface area contributed by atoms with Gasteiger partial charge in [-0.15, -0.1) is 0 Å². The highest BCUT2D eigenvalue weighted by Gasteiger charge is 2.37. The van der Waals surface area contributed by atoms with Crippen LogP contribution in [0.3, 0.4) is 0 Å². The summed E-state index contributed by atoms with van der Waals surface area (Å²) in [6, 6.07) is 8.26. The number of nitrogens with zero attached hydrogens (tertiary/aromatic N) is 4. The van der Waals surface area contributed by atoms with Gasteiger partial charge in [0.1, 0.15) is 5.82 Å². The van der Waals surface area contributed by atoms with Gasteiger partial charge in [-0.05, 0) is 44.7 Å². The monoisotopic (exact) mass is 404 g/mol. The van der Waals surface area contributed by atoms with Gasteiger partial charge in [-0.25, -0.2) is 9.97 Å². The Morgan fingerprint density at radius 3 is 2.69 bits per heavy atom. The Morgan fingerprint density at radius 1 is 1.17 bits per heavy atom. The van der Waals surface area contributed by atoms with E-state index in [9.17, 15) is 13.2 Å². The summed E-state index contributed by atoms with van der Waals surface area (Å²) in [4.78, 5) is 7.68. The number of aryl methyl sites for hydroxylation is 2. The van der Waals surface area contributed by atoms with Gasteiger partial charge < -0.3 is 5.32 Å². The van der Waals surface area contributed by atoms with Crippen LogP contribution >= 0.6 is 0 Å². The summed E-state index contributed by atoms with van der Waals surface area (Å²) in [5.41, 5.74) is 4.72. The maximum atomic E-state index is 12.9. The van der Waals surface area contributed by atoms with Gasteiger partial charge in [-0.3, -0.25) is 10.4 Å². The molecule has 6 nitrogen and oxygen atoms in total. The molecule has 2 aliphatic rings. The molecule has 2 atom stereocenters. The minimum atomic E-state index is -4.49. The van der Waals surface area contributed by atoms with Crippen LogP contribution < -0.4 is 15.9 Å². The van der Waals surface area contributed by atoms with E-state index in [1.54, 1.807) is 6.92 Å². The number of hydrazine groups is 2. The molecule has 2 heterocycles. The van der Waals surface area contributed by atoms with Crippen molar-refractivity contribution < 1.29 is 13.2 Å². The maximum Gasteiger partial charge on any atom is 0.434 e. The molecule has 29 heavy (non-hydrogen) atoms. The number of nitrogens with one attached hydrogen (secondary N) is 2. The van der Waals surface area contributed by atoms with Crippen molar-refractivity contribution in [3.8, 4) is 0 Å². The first kappa shape index (κ1) is 19.4. The molecule has 0 radical (unpaired) electrons. The molecule has 1 aromatic carbocycles. The molecule has 0 saturated heterocycles. The molecular formula is C20H23F3N6. The number of para-hydroxylation sites is 1. The quantitative estimate of drug-likeness (QED) is 0.798. The van der Waals surface area contributed by atoms with Crippen molar-refractivity contribution in [1.82, 2.24) is 20.4 Å². The average Bonchev–Trinajstić information content (AvgIpc) is 3.31. The second-order valence-corrected chi connectivity index (χ2v) is 7.36. The fourth-order valence-electron chi connectivity index (χ4n) is 3.93. The van der Waals surface area contributed by atoms with Crippen LogP contribution in [0.5, 0.6) is 0 Å². The SMILES string of the molecule is Cc1ccccc1N1NC=CN1C1CCC[C@@H]1Nc1ncc(C(F)(F)F)nc1C. The second kappa shape index (κ2) is 7.46. The maximum absolute atomic E-state index is 12.9. The van der Waals surface area contributed by atoms with Crippen molar-refractivity contribution in [3.05, 3.63) is 59.8 Å². The fraction of sp³-hybridized carbons (Fsp3) is 0.400. The van der Waals surface area contributed by atoms with Crippen molar-refractivity contribution in [1.29, 1.82) is 0 Å². The van der Waals surface area contributed by atoms with Crippen molar-refractivity contribution in [3.63, 3.8) is 0 Å². The predicted octanol–water partition coefficient (Wildman–Crippen LogP) is 4.16. The Morgan fingerprint density at radius 2 is 1.97 bits per heavy atom. The van der Waals surface area contributed by atoms with Gasteiger partial charge in [0.2, 0.25) is 0 Å². The molecule has 9 heteroatoms. The Hall–Kier alpha value is -2.97. The zero-order chi connectivity index (χ0) is 20.6. The minimum absolute atomic E-state index is 0.0378. The van der Waals surface area contributed by atoms with Crippen molar-refractivity contribution >= 4 is 11.5 Å². The second-order valence-electron chi connectivity index (χ2n) is 7.36. The molecular weight excluding hydrogens is 381 g/mol. The topological polar surface area (TPSA) is 56.3 Å². The first-order valence-corrected chi connectivity index (χ1v) is 9.59. The average molecular weight is 404 g/mol. The molecule has 2 N–H and O–H groups in total. The van der Waals surface area contributed by atoms with Crippen LogP contribution in [0, 0.1) is 13.8 Å². The van der Waals surface area contributed by atoms with Gasteiger partial charge in [0.15, 0.2) is 5.69 Å². The number of halogens is 3. The first-order chi connectivity index (χ1) is 13.8. The lowest BCUT2D eigenvalue weighted by Gasteiger charge is -2.38. The van der Waals surface area contributed by atoms with E-state index in [2.05, 4.69) is 38.7 Å². The van der Waals surface area contributed by atoms with Crippen LogP contribution in [0.4, 0.5) is 24.7 Å². The van der Waals surface area contributed by atoms with Crippen LogP contribution in [-0.4, -0.2) is 27.1 Å². The molecule has 4 rings (SSSR count). The summed E-state index contributed by atoms with van der Waals surface area (Å²) < 4.78 is 38.6. The van der Waals surface area contributed by atoms with Gasteiger partial charge in [0, 0.05) is 12.4 Å². The Bertz CT molecular complexity index is 913. The molecule has 1 fully saturated rings. The first-order valence-electron chi connectivity index (χ1n) is 9.59. The lowest BCUT2D eigenvalue weighted by atomic mass is 10.1. The van der Waals surface area contributed by atoms with Crippen LogP contribution in [0.2, 0.25) is 0 Å². The Balaban J connectivity index is 1.54. The van der Waals surface area contributed by atoms with Gasteiger partial charge in [0.25, 0.3) is 0 Å². The van der Waals surface area contributed by atoms with Gasteiger partial charge in [-0.2, -0.15) is 18.3 Å². The number of rotatable bonds is 4. The zero-order valence-corrected chi connectivity index (χ0v) is 16.2. The van der Waals surface area contributed by atoms with Gasteiger partial charge in [0.05, 0.1) is 29.7 Å². The number of aromatic nitrogens is 2. The van der Waals surface area contributed by atoms with Gasteiger partial charge >= 0.3 is 6.18 Å². The highest BCUT2D eigenvalue weighted by molar-refractivity contribution is 5.52. The molecule has 1 unspecified atom stereocenters. The van der Waals surface area contributed by atoms with Crippen LogP contribution in [-0.2, 0) is 6.18 Å². The van der Waals surface area contributed by atoms with E-state index in [-0.39, 0.29) is 17.8 Å². The van der Waals surface area contributed by atoms with E-state index < -0.39 is 11.9 Å². The van der Waals surface area contributed by atoms with Crippen molar-refractivity contribution in [2.24, 2.45) is 0 Å². The van der Waals surface area contributed by atoms with Crippen molar-refractivity contribution in [2.45, 2.75) is 51.4 Å². The largest absolute Gasteiger partial charge is 0.434 e. The fourth-order valence-corrected chi connectivity index (χ4v) is 3.93. The summed E-state index contributed by atoms with van der Waals surface area (Å²) >= 11 is 0. The summed E-state index contributed by atoms with van der Waals surface area (Å²) in [6.07, 6.45) is 3.04. The summed E-state index contributed by atoms with van der Waals surface area (Å²) in [6.45, 7) is 3.60. The van der Waals surface area contributed by atoms with Crippen LogP contribution in [0.1, 0.15) is 36.2 Å². The van der Waals surface area contributed by atoms with E-state index in [1.807, 2.05) is 35.7 Å². The molecule has 1 aliphatic carbocycles. The minimum Gasteiger partial charge on any atom is -0.364 e. The molecule has 0 spiro atoms. The molecule has 1 aliphatic heterocycles. The molecule has 1 saturated carbocycles. The normalized spacial score (nSPS) is 21.6. The summed E-state index contributed by atoms with van der Waals surface area (Å²) in [5, 5.41) is 7.47. The van der Waals surface area contributed by atoms with Crippen molar-refractivity contribution in [2.75, 3.05) is 10.4 Å². The molecule has 154 valence electrons. The molecule has 2 aromatic rings. The Labute approximate surface area is 167 Å². The lowest BCUT2D eigenvalue weighted by Crippen LogP contribution is -2.51. The number of benzene rings is 1. The number of hydrogen-bond acceptors (Lipinski definition) is 6. The van der Waals surface area contributed by atoms with E-state index in [1.165, 1.54) is 0 Å². The van der Waals surface area contributed by atoms with E-state index in [0.717, 1.165) is 36.7 Å². The van der Waals surface area contributed by atoms with E-state index in [0.29, 0.717) is 5.82 Å². The summed E-state index contributed by atoms with van der Waals surface area (Å²) in [5.74, 6) is 0.397. The smallest absolute Gasteiger partial charge is 0.364 e. The lowest BCUT2D eigenvalue weighted by molar-refractivity contribution is -0.141. The zero-order valence-electron chi connectivity index (χ0n) is 16.2. The van der Waals surface area contributed by atoms with E-state index >= 15 is 0 Å². The highest BCUT2D eigenvalue weighted by Crippen LogP contribution is 2.33. The summed E-state index contributed by atoms with van der Waals surface area (Å²) in [7, 11) is 0. The van der Waals surface area contributed by atoms with Crippen LogP contribution in [0.25, 0.3) is 0 Å². The number of hydrogen-bond donors (Lipinski definition) is 2. The van der Waals surface area contributed by atoms with Gasteiger partial charge in [-0.1, -0.05) is 18.2 Å². The molecule has 0 bridgehead atoms. The Kier molecular flexibility index (Phi) is 4.97. The molecule has 1 aromatic heterocycles. The highest BCUT2D eigenvalue weighted by atomic mass is 19.4. The predicted molar refractivity (Wildman–Crippen MR) is 105 cm³/mol. The number of alkyl halides is 3.